The Morgan fingerprint density at radius 3 is 2.52 bits per heavy atom. The molecule has 1 aromatic carbocycles. The van der Waals surface area contributed by atoms with E-state index in [4.69, 9.17) is 0 Å². The van der Waals surface area contributed by atoms with E-state index in [0.717, 1.165) is 29.2 Å². The quantitative estimate of drug-likeness (QED) is 0.915. The van der Waals surface area contributed by atoms with Crippen LogP contribution in [0.25, 0.3) is 0 Å². The molecule has 2 aromatic rings. The molecule has 132 valence electrons. The summed E-state index contributed by atoms with van der Waals surface area (Å²) in [6, 6.07) is 9.67. The molecule has 2 heterocycles. The van der Waals surface area contributed by atoms with Crippen LogP contribution in [-0.4, -0.2) is 54.3 Å². The molecule has 2 amide bonds. The van der Waals surface area contributed by atoms with Crippen molar-refractivity contribution in [3.63, 3.8) is 0 Å². The van der Waals surface area contributed by atoms with Gasteiger partial charge in [-0.1, -0.05) is 18.2 Å². The van der Waals surface area contributed by atoms with Gasteiger partial charge in [0.05, 0.1) is 11.4 Å². The summed E-state index contributed by atoms with van der Waals surface area (Å²) in [5, 5.41) is 4.91. The number of nitrogens with one attached hydrogen (secondary N) is 1. The molecule has 1 N–H and O–H groups in total. The molecule has 1 aliphatic rings. The lowest BCUT2D eigenvalue weighted by molar-refractivity contribution is -0.117. The van der Waals surface area contributed by atoms with Gasteiger partial charge in [-0.15, -0.1) is 11.3 Å². The number of hydrogen-bond donors (Lipinski definition) is 1. The predicted octanol–water partition coefficient (Wildman–Crippen LogP) is 2.76. The van der Waals surface area contributed by atoms with Crippen molar-refractivity contribution in [2.45, 2.75) is 13.8 Å². The van der Waals surface area contributed by atoms with Crippen molar-refractivity contribution in [1.82, 2.24) is 9.80 Å². The van der Waals surface area contributed by atoms with E-state index in [2.05, 4.69) is 10.2 Å². The fraction of sp³-hybridized carbons (Fsp3) is 0.368. The number of hydrogen-bond acceptors (Lipinski definition) is 4. The van der Waals surface area contributed by atoms with Gasteiger partial charge in [-0.3, -0.25) is 14.5 Å². The first kappa shape index (κ1) is 17.6. The van der Waals surface area contributed by atoms with E-state index in [1.165, 1.54) is 16.9 Å². The fourth-order valence-corrected chi connectivity index (χ4v) is 3.64. The van der Waals surface area contributed by atoms with E-state index >= 15 is 0 Å². The van der Waals surface area contributed by atoms with E-state index < -0.39 is 0 Å². The molecule has 5 nitrogen and oxygen atoms in total. The summed E-state index contributed by atoms with van der Waals surface area (Å²) in [7, 11) is 0. The molecule has 6 heteroatoms. The number of rotatable bonds is 4. The van der Waals surface area contributed by atoms with Crippen LogP contribution >= 0.6 is 11.3 Å². The van der Waals surface area contributed by atoms with Crippen molar-refractivity contribution >= 4 is 28.8 Å². The van der Waals surface area contributed by atoms with E-state index in [1.54, 1.807) is 0 Å². The lowest BCUT2D eigenvalue weighted by atomic mass is 10.1. The van der Waals surface area contributed by atoms with Gasteiger partial charge < -0.3 is 10.2 Å². The largest absolute Gasteiger partial charge is 0.335 e. The Hall–Kier alpha value is -2.18. The van der Waals surface area contributed by atoms with Gasteiger partial charge in [0.25, 0.3) is 5.91 Å². The molecule has 1 saturated heterocycles. The molecule has 25 heavy (non-hydrogen) atoms. The van der Waals surface area contributed by atoms with Gasteiger partial charge in [-0.2, -0.15) is 0 Å². The topological polar surface area (TPSA) is 52.7 Å². The highest BCUT2D eigenvalue weighted by Crippen LogP contribution is 2.18. The zero-order valence-electron chi connectivity index (χ0n) is 14.6. The minimum atomic E-state index is -0.00765. The third-order valence-electron chi connectivity index (χ3n) is 4.64. The number of carbonyl (C=O) groups excluding carboxylic acids is 2. The lowest BCUT2D eigenvalue weighted by Gasteiger charge is -2.34. The minimum Gasteiger partial charge on any atom is -0.335 e. The minimum absolute atomic E-state index is 0.00765. The summed E-state index contributed by atoms with van der Waals surface area (Å²) < 4.78 is 0. The predicted molar refractivity (Wildman–Crippen MR) is 101 cm³/mol. The highest BCUT2D eigenvalue weighted by atomic mass is 32.1. The number of nitrogens with zero attached hydrogens (tertiary/aromatic N) is 2. The average molecular weight is 357 g/mol. The first-order chi connectivity index (χ1) is 12.0. The van der Waals surface area contributed by atoms with Crippen LogP contribution in [-0.2, 0) is 4.79 Å². The van der Waals surface area contributed by atoms with Crippen LogP contribution in [0.3, 0.4) is 0 Å². The van der Waals surface area contributed by atoms with Crippen molar-refractivity contribution < 1.29 is 9.59 Å². The van der Waals surface area contributed by atoms with Crippen molar-refractivity contribution in [1.29, 1.82) is 0 Å². The van der Waals surface area contributed by atoms with Crippen molar-refractivity contribution in [2.24, 2.45) is 0 Å². The Balaban J connectivity index is 1.49. The normalized spacial score (nSPS) is 15.2. The maximum absolute atomic E-state index is 12.3. The summed E-state index contributed by atoms with van der Waals surface area (Å²) in [4.78, 5) is 29.4. The highest BCUT2D eigenvalue weighted by Gasteiger charge is 2.23. The molecule has 0 saturated carbocycles. The molecule has 0 atom stereocenters. The standard InChI is InChI=1S/C19H23N3O2S/c1-14-5-3-6-16(15(14)2)20-18(23)13-21-8-10-22(11-9-21)19(24)17-7-4-12-25-17/h3-7,12H,8-11,13H2,1-2H3,(H,20,23). The number of thiophene rings is 1. The van der Waals surface area contributed by atoms with Gasteiger partial charge in [0, 0.05) is 31.9 Å². The zero-order valence-corrected chi connectivity index (χ0v) is 15.4. The second-order valence-electron chi connectivity index (χ2n) is 6.34. The summed E-state index contributed by atoms with van der Waals surface area (Å²) >= 11 is 1.47. The molecule has 1 aromatic heterocycles. The monoisotopic (exact) mass is 357 g/mol. The third kappa shape index (κ3) is 4.27. The van der Waals surface area contributed by atoms with Crippen molar-refractivity contribution in [3.05, 3.63) is 51.7 Å². The number of anilines is 1. The third-order valence-corrected chi connectivity index (χ3v) is 5.50. The molecular formula is C19H23N3O2S. The Labute approximate surface area is 152 Å². The van der Waals surface area contributed by atoms with Gasteiger partial charge in [0.15, 0.2) is 0 Å². The molecule has 3 rings (SSSR count). The first-order valence-corrected chi connectivity index (χ1v) is 9.34. The van der Waals surface area contributed by atoms with Gasteiger partial charge in [0.1, 0.15) is 0 Å². The van der Waals surface area contributed by atoms with Crippen LogP contribution < -0.4 is 5.32 Å². The number of aryl methyl sites for hydroxylation is 1. The van der Waals surface area contributed by atoms with Crippen LogP contribution in [0, 0.1) is 13.8 Å². The Morgan fingerprint density at radius 1 is 1.08 bits per heavy atom. The van der Waals surface area contributed by atoms with Gasteiger partial charge >= 0.3 is 0 Å². The van der Waals surface area contributed by atoms with Crippen LogP contribution in [0.5, 0.6) is 0 Å². The second kappa shape index (κ2) is 7.80. The molecule has 0 bridgehead atoms. The van der Waals surface area contributed by atoms with Gasteiger partial charge in [-0.25, -0.2) is 0 Å². The number of amides is 2. The molecule has 1 aliphatic heterocycles. The summed E-state index contributed by atoms with van der Waals surface area (Å²) in [5.41, 5.74) is 3.14. The maximum Gasteiger partial charge on any atom is 0.264 e. The zero-order chi connectivity index (χ0) is 17.8. The van der Waals surface area contributed by atoms with Crippen molar-refractivity contribution in [2.75, 3.05) is 38.0 Å². The van der Waals surface area contributed by atoms with E-state index in [0.29, 0.717) is 19.6 Å². The van der Waals surface area contributed by atoms with Crippen molar-refractivity contribution in [3.8, 4) is 0 Å². The molecule has 1 fully saturated rings. The smallest absolute Gasteiger partial charge is 0.264 e. The number of carbonyl (C=O) groups is 2. The lowest BCUT2D eigenvalue weighted by Crippen LogP contribution is -2.50. The molecule has 0 aliphatic carbocycles. The molecule has 0 radical (unpaired) electrons. The van der Waals surface area contributed by atoms with Gasteiger partial charge in [-0.05, 0) is 42.5 Å². The summed E-state index contributed by atoms with van der Waals surface area (Å²) in [5.74, 6) is 0.0845. The second-order valence-corrected chi connectivity index (χ2v) is 7.29. The Morgan fingerprint density at radius 2 is 1.84 bits per heavy atom. The Kier molecular flexibility index (Phi) is 5.50. The van der Waals surface area contributed by atoms with Crippen LogP contribution in [0.2, 0.25) is 0 Å². The van der Waals surface area contributed by atoms with Crippen LogP contribution in [0.1, 0.15) is 20.8 Å². The molecule has 0 spiro atoms. The van der Waals surface area contributed by atoms with E-state index in [-0.39, 0.29) is 11.8 Å². The summed E-state index contributed by atoms with van der Waals surface area (Å²) in [6.45, 7) is 7.17. The number of piperazine rings is 1. The highest BCUT2D eigenvalue weighted by molar-refractivity contribution is 7.12. The summed E-state index contributed by atoms with van der Waals surface area (Å²) in [6.07, 6.45) is 0. The number of benzene rings is 1. The molecular weight excluding hydrogens is 334 g/mol. The average Bonchev–Trinajstić information content (AvgIpc) is 3.13. The van der Waals surface area contributed by atoms with Crippen LogP contribution in [0.4, 0.5) is 5.69 Å². The van der Waals surface area contributed by atoms with Crippen LogP contribution in [0.15, 0.2) is 35.7 Å². The maximum atomic E-state index is 12.3. The van der Waals surface area contributed by atoms with E-state index in [9.17, 15) is 9.59 Å². The first-order valence-electron chi connectivity index (χ1n) is 8.46. The Bertz CT molecular complexity index is 750. The van der Waals surface area contributed by atoms with E-state index in [1.807, 2.05) is 54.5 Å². The van der Waals surface area contributed by atoms with Gasteiger partial charge in [0.2, 0.25) is 5.91 Å². The molecule has 0 unspecified atom stereocenters. The fourth-order valence-electron chi connectivity index (χ4n) is 2.94. The SMILES string of the molecule is Cc1cccc(NC(=O)CN2CCN(C(=O)c3cccs3)CC2)c1C.